The van der Waals surface area contributed by atoms with E-state index in [1.165, 1.54) is 0 Å². The molecule has 0 spiro atoms. The first kappa shape index (κ1) is 22.7. The van der Waals surface area contributed by atoms with Gasteiger partial charge in [-0.3, -0.25) is 4.79 Å². The Hall–Kier alpha value is -3.49. The highest BCUT2D eigenvalue weighted by Crippen LogP contribution is 2.33. The van der Waals surface area contributed by atoms with Crippen molar-refractivity contribution in [2.75, 3.05) is 44.0 Å². The van der Waals surface area contributed by atoms with Gasteiger partial charge in [-0.2, -0.15) is 0 Å². The minimum atomic E-state index is -0.278. The molecular formula is C24H31N5O4. The van der Waals surface area contributed by atoms with Crippen LogP contribution in [0.4, 0.5) is 16.3 Å². The number of allylic oxidation sites excluding steroid dienone is 1. The zero-order valence-corrected chi connectivity index (χ0v) is 19.3. The van der Waals surface area contributed by atoms with E-state index in [2.05, 4.69) is 26.6 Å². The SMILES string of the molecule is CCOC(=O)N1CC[C@H](Nc2ccc(NC(=O)C3=CC4C=C(OC)C=CC4N3CC)cn2)C1. The van der Waals surface area contributed by atoms with Crippen molar-refractivity contribution >= 4 is 23.5 Å². The number of anilines is 2. The third-order valence-electron chi connectivity index (χ3n) is 6.13. The summed E-state index contributed by atoms with van der Waals surface area (Å²) in [5.74, 6) is 1.46. The second-order valence-corrected chi connectivity index (χ2v) is 8.20. The van der Waals surface area contributed by atoms with E-state index in [1.807, 2.05) is 37.3 Å². The number of nitrogens with one attached hydrogen (secondary N) is 2. The summed E-state index contributed by atoms with van der Waals surface area (Å²) in [7, 11) is 1.65. The first-order chi connectivity index (χ1) is 16.0. The number of pyridine rings is 1. The van der Waals surface area contributed by atoms with Crippen molar-refractivity contribution in [2.45, 2.75) is 32.4 Å². The fraction of sp³-hybridized carbons (Fsp3) is 0.458. The Morgan fingerprint density at radius 2 is 2.09 bits per heavy atom. The lowest BCUT2D eigenvalue weighted by Gasteiger charge is -2.29. The van der Waals surface area contributed by atoms with Gasteiger partial charge in [0.05, 0.1) is 37.3 Å². The van der Waals surface area contributed by atoms with Crippen LogP contribution in [0.25, 0.3) is 0 Å². The van der Waals surface area contributed by atoms with Gasteiger partial charge in [-0.1, -0.05) is 6.08 Å². The van der Waals surface area contributed by atoms with E-state index < -0.39 is 0 Å². The lowest BCUT2D eigenvalue weighted by Crippen LogP contribution is -2.36. The van der Waals surface area contributed by atoms with E-state index in [-0.39, 0.29) is 30.0 Å². The Bertz CT molecular complexity index is 972. The summed E-state index contributed by atoms with van der Waals surface area (Å²) in [6.07, 6.45) is 10.3. The van der Waals surface area contributed by atoms with Crippen molar-refractivity contribution in [2.24, 2.45) is 5.92 Å². The molecule has 2 aliphatic heterocycles. The number of aromatic nitrogens is 1. The average molecular weight is 454 g/mol. The van der Waals surface area contributed by atoms with Crippen LogP contribution in [0.15, 0.2) is 54.1 Å². The molecule has 1 aromatic heterocycles. The molecule has 0 bridgehead atoms. The Labute approximate surface area is 194 Å². The Kier molecular flexibility index (Phi) is 6.86. The number of amides is 2. The van der Waals surface area contributed by atoms with Crippen LogP contribution in [0.5, 0.6) is 0 Å². The molecule has 176 valence electrons. The molecular weight excluding hydrogens is 422 g/mol. The van der Waals surface area contributed by atoms with E-state index in [9.17, 15) is 9.59 Å². The highest BCUT2D eigenvalue weighted by molar-refractivity contribution is 6.03. The number of carbonyl (C=O) groups is 2. The van der Waals surface area contributed by atoms with E-state index in [0.29, 0.717) is 36.9 Å². The second-order valence-electron chi connectivity index (χ2n) is 8.20. The van der Waals surface area contributed by atoms with Gasteiger partial charge >= 0.3 is 6.09 Å². The third kappa shape index (κ3) is 4.97. The number of rotatable bonds is 7. The summed E-state index contributed by atoms with van der Waals surface area (Å²) in [6, 6.07) is 3.90. The van der Waals surface area contributed by atoms with E-state index in [0.717, 1.165) is 18.7 Å². The minimum absolute atomic E-state index is 0.107. The summed E-state index contributed by atoms with van der Waals surface area (Å²) in [6.45, 7) is 6.18. The zero-order chi connectivity index (χ0) is 23.4. The van der Waals surface area contributed by atoms with Crippen molar-refractivity contribution in [1.82, 2.24) is 14.8 Å². The molecule has 2 unspecified atom stereocenters. The van der Waals surface area contributed by atoms with Crippen LogP contribution in [0.3, 0.4) is 0 Å². The Morgan fingerprint density at radius 1 is 1.24 bits per heavy atom. The maximum atomic E-state index is 13.0. The molecule has 4 rings (SSSR count). The first-order valence-corrected chi connectivity index (χ1v) is 11.4. The van der Waals surface area contributed by atoms with Crippen molar-refractivity contribution < 1.29 is 19.1 Å². The van der Waals surface area contributed by atoms with Gasteiger partial charge in [0.15, 0.2) is 0 Å². The number of carbonyl (C=O) groups excluding carboxylic acids is 2. The smallest absolute Gasteiger partial charge is 0.409 e. The molecule has 3 aliphatic rings. The largest absolute Gasteiger partial charge is 0.497 e. The van der Waals surface area contributed by atoms with Crippen molar-refractivity contribution in [3.63, 3.8) is 0 Å². The van der Waals surface area contributed by atoms with Crippen LogP contribution in [0.2, 0.25) is 0 Å². The topological polar surface area (TPSA) is 96.0 Å². The van der Waals surface area contributed by atoms with Gasteiger partial charge in [-0.15, -0.1) is 0 Å². The van der Waals surface area contributed by atoms with Gasteiger partial charge in [-0.25, -0.2) is 9.78 Å². The van der Waals surface area contributed by atoms with Gasteiger partial charge in [0.2, 0.25) is 0 Å². The number of hydrogen-bond donors (Lipinski definition) is 2. The van der Waals surface area contributed by atoms with Crippen LogP contribution in [0.1, 0.15) is 20.3 Å². The molecule has 1 aromatic rings. The number of fused-ring (bicyclic) bond motifs is 1. The van der Waals surface area contributed by atoms with Crippen molar-refractivity contribution in [3.05, 3.63) is 54.1 Å². The van der Waals surface area contributed by atoms with Crippen LogP contribution >= 0.6 is 0 Å². The van der Waals surface area contributed by atoms with E-state index in [4.69, 9.17) is 9.47 Å². The van der Waals surface area contributed by atoms with Crippen molar-refractivity contribution in [1.29, 1.82) is 0 Å². The molecule has 9 nitrogen and oxygen atoms in total. The molecule has 2 N–H and O–H groups in total. The predicted octanol–water partition coefficient (Wildman–Crippen LogP) is 2.97. The van der Waals surface area contributed by atoms with Gasteiger partial charge in [-0.05, 0) is 50.6 Å². The second kappa shape index (κ2) is 9.97. The molecule has 3 atom stereocenters. The summed E-state index contributed by atoms with van der Waals surface area (Å²) < 4.78 is 10.4. The third-order valence-corrected chi connectivity index (χ3v) is 6.13. The molecule has 1 aliphatic carbocycles. The zero-order valence-electron chi connectivity index (χ0n) is 19.3. The molecule has 9 heteroatoms. The normalized spacial score (nSPS) is 23.5. The fourth-order valence-corrected chi connectivity index (χ4v) is 4.50. The Balaban J connectivity index is 1.34. The monoisotopic (exact) mass is 453 g/mol. The number of likely N-dealkylation sites (N-methyl/N-ethyl adjacent to an activating group) is 1. The molecule has 33 heavy (non-hydrogen) atoms. The average Bonchev–Trinajstić information content (AvgIpc) is 3.44. The Morgan fingerprint density at radius 3 is 2.79 bits per heavy atom. The van der Waals surface area contributed by atoms with Gasteiger partial charge in [0.1, 0.15) is 11.6 Å². The number of likely N-dealkylation sites (tertiary alicyclic amines) is 1. The fourth-order valence-electron chi connectivity index (χ4n) is 4.50. The van der Waals surface area contributed by atoms with Crippen LogP contribution < -0.4 is 10.6 Å². The molecule has 2 amide bonds. The quantitative estimate of drug-likeness (QED) is 0.655. The maximum Gasteiger partial charge on any atom is 0.409 e. The number of ether oxygens (including phenoxy) is 2. The van der Waals surface area contributed by atoms with Crippen molar-refractivity contribution in [3.8, 4) is 0 Å². The maximum absolute atomic E-state index is 13.0. The van der Waals surface area contributed by atoms with Gasteiger partial charge in [0, 0.05) is 31.6 Å². The van der Waals surface area contributed by atoms with Gasteiger partial charge < -0.3 is 29.9 Å². The van der Waals surface area contributed by atoms with Crippen LogP contribution in [-0.4, -0.2) is 72.2 Å². The lowest BCUT2D eigenvalue weighted by atomic mass is 9.96. The summed E-state index contributed by atoms with van der Waals surface area (Å²) >= 11 is 0. The van der Waals surface area contributed by atoms with E-state index in [1.54, 1.807) is 25.1 Å². The molecule has 0 radical (unpaired) electrons. The van der Waals surface area contributed by atoms with Gasteiger partial charge in [0.25, 0.3) is 5.91 Å². The van der Waals surface area contributed by atoms with Crippen LogP contribution in [0, 0.1) is 5.92 Å². The highest BCUT2D eigenvalue weighted by atomic mass is 16.6. The number of hydrogen-bond acceptors (Lipinski definition) is 7. The highest BCUT2D eigenvalue weighted by Gasteiger charge is 2.35. The summed E-state index contributed by atoms with van der Waals surface area (Å²) in [5, 5.41) is 6.30. The summed E-state index contributed by atoms with van der Waals surface area (Å²) in [4.78, 5) is 33.1. The van der Waals surface area contributed by atoms with E-state index >= 15 is 0 Å². The molecule has 1 fully saturated rings. The summed E-state index contributed by atoms with van der Waals surface area (Å²) in [5.41, 5.74) is 1.28. The molecule has 3 heterocycles. The predicted molar refractivity (Wildman–Crippen MR) is 125 cm³/mol. The van der Waals surface area contributed by atoms with Crippen LogP contribution in [-0.2, 0) is 14.3 Å². The lowest BCUT2D eigenvalue weighted by molar-refractivity contribution is -0.114. The molecule has 1 saturated heterocycles. The first-order valence-electron chi connectivity index (χ1n) is 11.4. The number of methoxy groups -OCH3 is 1. The molecule has 0 saturated carbocycles. The molecule has 0 aromatic carbocycles. The number of nitrogens with zero attached hydrogens (tertiary/aromatic N) is 3. The standard InChI is InChI=1S/C24H31N5O4/c1-4-29-20-8-7-19(32-3)12-16(20)13-21(29)23(30)27-17-6-9-22(25-14-17)26-18-10-11-28(15-18)24(31)33-5-2/h6-9,12-14,16,18,20H,4-5,10-11,15H2,1-3H3,(H,25,26)(H,27,30)/t16?,18-,20?/m0/s1. The minimum Gasteiger partial charge on any atom is -0.497 e.